The van der Waals surface area contributed by atoms with E-state index in [-0.39, 0.29) is 30.6 Å². The number of nitrogens with two attached hydrogens (primary N) is 1. The summed E-state index contributed by atoms with van der Waals surface area (Å²) < 4.78 is 6.04. The third-order valence-electron chi connectivity index (χ3n) is 8.65. The van der Waals surface area contributed by atoms with Crippen LogP contribution in [-0.2, 0) is 9.59 Å². The predicted octanol–water partition coefficient (Wildman–Crippen LogP) is 3.43. The van der Waals surface area contributed by atoms with E-state index in [0.717, 1.165) is 36.5 Å². The average molecular weight is 555 g/mol. The number of nitrogens with zero attached hydrogens (tertiary/aromatic N) is 3. The van der Waals surface area contributed by atoms with E-state index < -0.39 is 29.7 Å². The number of fused-ring (bicyclic) bond motifs is 1. The summed E-state index contributed by atoms with van der Waals surface area (Å²) in [6, 6.07) is 14.5. The molecule has 2 unspecified atom stereocenters. The van der Waals surface area contributed by atoms with Gasteiger partial charge in [0.1, 0.15) is 18.4 Å². The molecule has 1 aliphatic carbocycles. The normalized spacial score (nSPS) is 23.7. The van der Waals surface area contributed by atoms with E-state index in [1.54, 1.807) is 18.2 Å². The summed E-state index contributed by atoms with van der Waals surface area (Å²) in [5.74, 6) is 4.49. The molecule has 3 heterocycles. The maximum atomic E-state index is 13.3. The van der Waals surface area contributed by atoms with Gasteiger partial charge < -0.3 is 9.64 Å². The predicted molar refractivity (Wildman–Crippen MR) is 152 cm³/mol. The van der Waals surface area contributed by atoms with Crippen molar-refractivity contribution in [1.82, 2.24) is 14.8 Å². The molecule has 3 aliphatic heterocycles. The highest BCUT2D eigenvalue weighted by molar-refractivity contribution is 6.24. The third kappa shape index (κ3) is 5.35. The van der Waals surface area contributed by atoms with Crippen molar-refractivity contribution in [3.05, 3.63) is 89.0 Å². The topological polar surface area (TPSA) is 113 Å². The van der Waals surface area contributed by atoms with Crippen molar-refractivity contribution in [3.63, 3.8) is 0 Å². The van der Waals surface area contributed by atoms with Gasteiger partial charge in [-0.2, -0.15) is 0 Å². The Morgan fingerprint density at radius 1 is 0.902 bits per heavy atom. The van der Waals surface area contributed by atoms with Crippen LogP contribution in [0.4, 0.5) is 0 Å². The molecule has 0 spiro atoms. The Hall–Kier alpha value is -4.08. The number of imide groups is 2. The van der Waals surface area contributed by atoms with Crippen LogP contribution in [-0.4, -0.2) is 70.7 Å². The number of piperidine rings is 2. The molecule has 0 radical (unpaired) electrons. The van der Waals surface area contributed by atoms with E-state index in [2.05, 4.69) is 53.5 Å². The first-order valence-electron chi connectivity index (χ1n) is 14.3. The van der Waals surface area contributed by atoms with Gasteiger partial charge in [-0.05, 0) is 73.9 Å². The standard InChI is InChI=1S/C32H34N4O5/c33-36-28(37)14-13-26(31(36)39)35-30(38)25-7-4-8-27(29(25)32(35)40)41-20-22-11-9-21(10-12-22)19-34-17-15-24(16-18-34)23-5-2-1-3-6-23/h1-9,11-12,21,24,26H,10,13-20,33H2. The highest BCUT2D eigenvalue weighted by Gasteiger charge is 2.47. The molecule has 2 aromatic carbocycles. The smallest absolute Gasteiger partial charge is 0.266 e. The Bertz CT molecular complexity index is 1430. The lowest BCUT2D eigenvalue weighted by molar-refractivity contribution is -0.151. The van der Waals surface area contributed by atoms with Crippen LogP contribution in [0.15, 0.2) is 72.3 Å². The van der Waals surface area contributed by atoms with Crippen LogP contribution in [0.2, 0.25) is 0 Å². The van der Waals surface area contributed by atoms with Crippen molar-refractivity contribution in [2.75, 3.05) is 26.2 Å². The van der Waals surface area contributed by atoms with Gasteiger partial charge in [0, 0.05) is 13.0 Å². The second-order valence-corrected chi connectivity index (χ2v) is 11.2. The number of allylic oxidation sites excluding steroid dienone is 1. The maximum absolute atomic E-state index is 13.3. The van der Waals surface area contributed by atoms with Crippen molar-refractivity contribution in [2.45, 2.75) is 44.1 Å². The van der Waals surface area contributed by atoms with Crippen molar-refractivity contribution in [1.29, 1.82) is 0 Å². The second-order valence-electron chi connectivity index (χ2n) is 11.2. The molecule has 4 aliphatic rings. The number of hydrogen-bond acceptors (Lipinski definition) is 7. The molecular formula is C32H34N4O5. The lowest BCUT2D eigenvalue weighted by Gasteiger charge is -2.34. The van der Waals surface area contributed by atoms with E-state index in [0.29, 0.717) is 22.6 Å². The minimum Gasteiger partial charge on any atom is -0.488 e. The monoisotopic (exact) mass is 554 g/mol. The summed E-state index contributed by atoms with van der Waals surface area (Å²) in [5.41, 5.74) is 2.78. The van der Waals surface area contributed by atoms with Crippen LogP contribution in [0.1, 0.15) is 64.3 Å². The number of rotatable bonds is 7. The van der Waals surface area contributed by atoms with Gasteiger partial charge >= 0.3 is 0 Å². The molecule has 9 heteroatoms. The molecule has 6 rings (SSSR count). The summed E-state index contributed by atoms with van der Waals surface area (Å²) in [6.45, 7) is 3.52. The van der Waals surface area contributed by atoms with E-state index in [1.165, 1.54) is 18.4 Å². The van der Waals surface area contributed by atoms with Gasteiger partial charge in [-0.3, -0.25) is 24.1 Å². The van der Waals surface area contributed by atoms with E-state index in [1.807, 2.05) is 0 Å². The van der Waals surface area contributed by atoms with Crippen molar-refractivity contribution in [2.24, 2.45) is 11.8 Å². The van der Waals surface area contributed by atoms with Crippen molar-refractivity contribution in [3.8, 4) is 5.75 Å². The number of carbonyl (C=O) groups is 4. The molecule has 2 N–H and O–H groups in total. The largest absolute Gasteiger partial charge is 0.488 e. The van der Waals surface area contributed by atoms with E-state index in [4.69, 9.17) is 10.6 Å². The molecule has 41 heavy (non-hydrogen) atoms. The summed E-state index contributed by atoms with van der Waals surface area (Å²) >= 11 is 0. The Morgan fingerprint density at radius 3 is 2.41 bits per heavy atom. The number of amides is 4. The molecule has 0 saturated carbocycles. The minimum absolute atomic E-state index is 0.0167. The van der Waals surface area contributed by atoms with E-state index >= 15 is 0 Å². The van der Waals surface area contributed by atoms with Gasteiger partial charge in [0.2, 0.25) is 5.91 Å². The molecule has 0 aromatic heterocycles. The Kier molecular flexibility index (Phi) is 7.55. The number of benzene rings is 2. The van der Waals surface area contributed by atoms with Crippen LogP contribution >= 0.6 is 0 Å². The molecule has 4 amide bonds. The zero-order valence-corrected chi connectivity index (χ0v) is 22.9. The SMILES string of the molecule is NN1C(=O)CCC(N2C(=O)c3cccc(OCC4=CCC(CN5CCC(c6ccccc6)CC5)C=C4)c3C2=O)C1=O. The minimum atomic E-state index is -1.11. The molecule has 2 aromatic rings. The number of hydrazine groups is 1. The maximum Gasteiger partial charge on any atom is 0.266 e. The van der Waals surface area contributed by atoms with E-state index in [9.17, 15) is 19.2 Å². The quantitative estimate of drug-likeness (QED) is 0.317. The first-order valence-corrected chi connectivity index (χ1v) is 14.3. The van der Waals surface area contributed by atoms with Crippen LogP contribution in [0.25, 0.3) is 0 Å². The molecule has 9 nitrogen and oxygen atoms in total. The Labute approximate surface area is 239 Å². The summed E-state index contributed by atoms with van der Waals surface area (Å²) in [4.78, 5) is 54.3. The summed E-state index contributed by atoms with van der Waals surface area (Å²) in [7, 11) is 0. The van der Waals surface area contributed by atoms with Crippen molar-refractivity contribution >= 4 is 23.6 Å². The summed E-state index contributed by atoms with van der Waals surface area (Å²) in [6.07, 6.45) is 9.83. The molecule has 2 saturated heterocycles. The fourth-order valence-electron chi connectivity index (χ4n) is 6.32. The molecule has 0 bridgehead atoms. The zero-order chi connectivity index (χ0) is 28.5. The van der Waals surface area contributed by atoms with Gasteiger partial charge in [-0.15, -0.1) is 0 Å². The molecule has 212 valence electrons. The Balaban J connectivity index is 1.03. The van der Waals surface area contributed by atoms with Gasteiger partial charge in [0.05, 0.1) is 11.1 Å². The Morgan fingerprint density at radius 2 is 1.68 bits per heavy atom. The molecule has 2 fully saturated rings. The average Bonchev–Trinajstić information content (AvgIpc) is 3.26. The zero-order valence-electron chi connectivity index (χ0n) is 22.9. The van der Waals surface area contributed by atoms with Crippen LogP contribution in [0.3, 0.4) is 0 Å². The third-order valence-corrected chi connectivity index (χ3v) is 8.65. The fourth-order valence-corrected chi connectivity index (χ4v) is 6.32. The number of ether oxygens (including phenoxy) is 1. The lowest BCUT2D eigenvalue weighted by Crippen LogP contribution is -2.58. The number of carbonyl (C=O) groups excluding carboxylic acids is 4. The van der Waals surface area contributed by atoms with Crippen LogP contribution in [0.5, 0.6) is 5.75 Å². The highest BCUT2D eigenvalue weighted by Crippen LogP contribution is 2.35. The first kappa shape index (κ1) is 27.1. The van der Waals surface area contributed by atoms with Gasteiger partial charge in [0.25, 0.3) is 17.7 Å². The van der Waals surface area contributed by atoms with Gasteiger partial charge in [-0.1, -0.05) is 54.6 Å². The van der Waals surface area contributed by atoms with Gasteiger partial charge in [0.15, 0.2) is 0 Å². The van der Waals surface area contributed by atoms with Crippen molar-refractivity contribution < 1.29 is 23.9 Å². The first-order chi connectivity index (χ1) is 19.9. The van der Waals surface area contributed by atoms with Crippen LogP contribution in [0, 0.1) is 5.92 Å². The van der Waals surface area contributed by atoms with Crippen LogP contribution < -0.4 is 10.6 Å². The number of likely N-dealkylation sites (tertiary alicyclic amines) is 1. The number of hydrogen-bond donors (Lipinski definition) is 1. The molecule has 2 atom stereocenters. The summed E-state index contributed by atoms with van der Waals surface area (Å²) in [5, 5.41) is 0.497. The van der Waals surface area contributed by atoms with Gasteiger partial charge in [-0.25, -0.2) is 10.9 Å². The highest BCUT2D eigenvalue weighted by atomic mass is 16.5. The second kappa shape index (κ2) is 11.4. The fraction of sp³-hybridized carbons (Fsp3) is 0.375. The molecular weight excluding hydrogens is 520 g/mol. The lowest BCUT2D eigenvalue weighted by atomic mass is 9.88.